The zero-order valence-electron chi connectivity index (χ0n) is 15.2. The van der Waals surface area contributed by atoms with Crippen LogP contribution in [0.4, 0.5) is 11.4 Å². The molecule has 0 saturated carbocycles. The molecule has 3 aromatic carbocycles. The standard InChI is InChI=1S/C22H23N2P/c1-23(2)16-10-12-19-20-13-11-17(24(3)4)15-22(20)25(21(19)14-16)18-8-6-5-7-9-18/h5-15H,1-4H3. The van der Waals surface area contributed by atoms with Crippen LogP contribution in [0.5, 0.6) is 0 Å². The summed E-state index contributed by atoms with van der Waals surface area (Å²) in [6.07, 6.45) is 0. The van der Waals surface area contributed by atoms with E-state index in [1.54, 1.807) is 0 Å². The molecular formula is C22H23N2P. The van der Waals surface area contributed by atoms with Gasteiger partial charge in [-0.25, -0.2) is 0 Å². The second-order valence-corrected chi connectivity index (χ2v) is 9.01. The molecule has 0 amide bonds. The van der Waals surface area contributed by atoms with Gasteiger partial charge >= 0.3 is 0 Å². The third kappa shape index (κ3) is 2.67. The first-order valence-corrected chi connectivity index (χ1v) is 9.89. The fraction of sp³-hybridized carbons (Fsp3) is 0.182. The Hall–Kier alpha value is -2.44. The smallest absolute Gasteiger partial charge is 0.0370 e. The highest BCUT2D eigenvalue weighted by molar-refractivity contribution is 7.67. The van der Waals surface area contributed by atoms with Crippen LogP contribution in [-0.4, -0.2) is 28.2 Å². The SMILES string of the molecule is CN(C)c1ccc2c3ccc(N(C)C)cc3p(-c3ccccc3)c2c1. The van der Waals surface area contributed by atoms with Gasteiger partial charge in [-0.15, -0.1) is 0 Å². The van der Waals surface area contributed by atoms with Crippen LogP contribution in [0.2, 0.25) is 0 Å². The topological polar surface area (TPSA) is 6.48 Å². The van der Waals surface area contributed by atoms with E-state index in [0.717, 1.165) is 0 Å². The monoisotopic (exact) mass is 346 g/mol. The highest BCUT2D eigenvalue weighted by Gasteiger charge is 2.15. The van der Waals surface area contributed by atoms with E-state index in [2.05, 4.69) is 105 Å². The molecule has 25 heavy (non-hydrogen) atoms. The van der Waals surface area contributed by atoms with Gasteiger partial charge in [0.15, 0.2) is 0 Å². The molecule has 1 heterocycles. The van der Waals surface area contributed by atoms with Crippen LogP contribution >= 0.6 is 7.53 Å². The van der Waals surface area contributed by atoms with Crippen LogP contribution in [0.15, 0.2) is 66.7 Å². The molecule has 0 spiro atoms. The summed E-state index contributed by atoms with van der Waals surface area (Å²) in [7, 11) is 7.93. The number of benzene rings is 3. The van der Waals surface area contributed by atoms with Crippen LogP contribution in [0.1, 0.15) is 0 Å². The fourth-order valence-corrected chi connectivity index (χ4v) is 6.09. The van der Waals surface area contributed by atoms with Crippen molar-refractivity contribution in [1.29, 1.82) is 0 Å². The van der Waals surface area contributed by atoms with Crippen LogP contribution < -0.4 is 9.80 Å². The van der Waals surface area contributed by atoms with Gasteiger partial charge in [-0.3, -0.25) is 0 Å². The Balaban J connectivity index is 2.14. The van der Waals surface area contributed by atoms with E-state index in [4.69, 9.17) is 0 Å². The van der Waals surface area contributed by atoms with E-state index >= 15 is 0 Å². The van der Waals surface area contributed by atoms with Gasteiger partial charge in [0.1, 0.15) is 0 Å². The highest BCUT2D eigenvalue weighted by atomic mass is 31.1. The van der Waals surface area contributed by atoms with Crippen LogP contribution in [0.25, 0.3) is 26.3 Å². The molecule has 126 valence electrons. The third-order valence-electron chi connectivity index (χ3n) is 4.78. The van der Waals surface area contributed by atoms with Gasteiger partial charge < -0.3 is 9.80 Å². The summed E-state index contributed by atoms with van der Waals surface area (Å²) >= 11 is 0. The Bertz CT molecular complexity index is 981. The molecule has 0 aliphatic heterocycles. The van der Waals surface area contributed by atoms with Gasteiger partial charge in [-0.2, -0.15) is 0 Å². The molecule has 0 radical (unpaired) electrons. The Morgan fingerprint density at radius 2 is 1.08 bits per heavy atom. The first-order valence-electron chi connectivity index (χ1n) is 8.54. The van der Waals surface area contributed by atoms with Crippen LogP contribution in [0.3, 0.4) is 0 Å². The number of fused-ring (bicyclic) bond motifs is 3. The van der Waals surface area contributed by atoms with E-state index in [9.17, 15) is 0 Å². The van der Waals surface area contributed by atoms with Crippen molar-refractivity contribution in [3.63, 3.8) is 0 Å². The minimum atomic E-state index is -0.507. The summed E-state index contributed by atoms with van der Waals surface area (Å²) in [5.74, 6) is 0. The van der Waals surface area contributed by atoms with Crippen molar-refractivity contribution < 1.29 is 0 Å². The average Bonchev–Trinajstić information content (AvgIpc) is 2.95. The zero-order valence-corrected chi connectivity index (χ0v) is 16.1. The lowest BCUT2D eigenvalue weighted by Crippen LogP contribution is -2.07. The average molecular weight is 346 g/mol. The summed E-state index contributed by atoms with van der Waals surface area (Å²) in [6, 6.07) is 24.8. The summed E-state index contributed by atoms with van der Waals surface area (Å²) < 4.78 is 0. The first kappa shape index (κ1) is 16.1. The second kappa shape index (κ2) is 6.13. The van der Waals surface area contributed by atoms with Gasteiger partial charge in [0.2, 0.25) is 0 Å². The normalized spacial score (nSPS) is 11.2. The Labute approximate surface area is 150 Å². The third-order valence-corrected chi connectivity index (χ3v) is 7.30. The largest absolute Gasteiger partial charge is 0.378 e. The Morgan fingerprint density at radius 3 is 1.52 bits per heavy atom. The molecule has 0 unspecified atom stereocenters. The van der Waals surface area contributed by atoms with Gasteiger partial charge in [0, 0.05) is 49.8 Å². The van der Waals surface area contributed by atoms with Crippen molar-refractivity contribution in [2.75, 3.05) is 38.0 Å². The summed E-state index contributed by atoms with van der Waals surface area (Å²) in [5.41, 5.74) is 2.53. The van der Waals surface area contributed by atoms with E-state index in [1.165, 1.54) is 37.7 Å². The summed E-state index contributed by atoms with van der Waals surface area (Å²) in [4.78, 5) is 4.38. The molecule has 4 aromatic rings. The molecule has 2 nitrogen and oxygen atoms in total. The lowest BCUT2D eigenvalue weighted by Gasteiger charge is -2.13. The van der Waals surface area contributed by atoms with Crippen LogP contribution in [0, 0.1) is 0 Å². The Kier molecular flexibility index (Phi) is 3.94. The van der Waals surface area contributed by atoms with Crippen molar-refractivity contribution in [2.24, 2.45) is 0 Å². The van der Waals surface area contributed by atoms with Gasteiger partial charge in [-0.05, 0) is 40.3 Å². The molecule has 0 bridgehead atoms. The highest BCUT2D eigenvalue weighted by Crippen LogP contribution is 2.56. The van der Waals surface area contributed by atoms with Crippen molar-refractivity contribution in [2.45, 2.75) is 0 Å². The second-order valence-electron chi connectivity index (χ2n) is 6.86. The maximum atomic E-state index is 2.38. The van der Waals surface area contributed by atoms with E-state index < -0.39 is 7.53 Å². The zero-order chi connectivity index (χ0) is 17.6. The number of nitrogens with zero attached hydrogens (tertiary/aromatic N) is 2. The number of rotatable bonds is 3. The molecule has 0 fully saturated rings. The van der Waals surface area contributed by atoms with E-state index in [-0.39, 0.29) is 0 Å². The molecule has 0 aliphatic carbocycles. The van der Waals surface area contributed by atoms with Crippen molar-refractivity contribution >= 4 is 39.9 Å². The quantitative estimate of drug-likeness (QED) is 0.442. The van der Waals surface area contributed by atoms with Gasteiger partial charge in [0.05, 0.1) is 0 Å². The molecule has 0 saturated heterocycles. The molecule has 1 aromatic heterocycles. The molecular weight excluding hydrogens is 323 g/mol. The number of hydrogen-bond donors (Lipinski definition) is 0. The lowest BCUT2D eigenvalue weighted by molar-refractivity contribution is 1.14. The number of anilines is 2. The molecule has 4 rings (SSSR count). The summed E-state index contributed by atoms with van der Waals surface area (Å²) in [6.45, 7) is 0. The molecule has 0 aliphatic rings. The molecule has 3 heteroatoms. The summed E-state index contributed by atoms with van der Waals surface area (Å²) in [5, 5.41) is 7.14. The first-order chi connectivity index (χ1) is 12.1. The van der Waals surface area contributed by atoms with Crippen LogP contribution in [-0.2, 0) is 0 Å². The minimum absolute atomic E-state index is 0.507. The predicted molar refractivity (Wildman–Crippen MR) is 114 cm³/mol. The number of hydrogen-bond acceptors (Lipinski definition) is 2. The Morgan fingerprint density at radius 1 is 0.600 bits per heavy atom. The maximum absolute atomic E-state index is 2.38. The molecule has 0 atom stereocenters. The van der Waals surface area contributed by atoms with Crippen molar-refractivity contribution in [1.82, 2.24) is 0 Å². The minimum Gasteiger partial charge on any atom is -0.378 e. The van der Waals surface area contributed by atoms with E-state index in [1.807, 2.05) is 0 Å². The lowest BCUT2D eigenvalue weighted by atomic mass is 10.1. The van der Waals surface area contributed by atoms with Gasteiger partial charge in [0.25, 0.3) is 0 Å². The van der Waals surface area contributed by atoms with Crippen molar-refractivity contribution in [3.8, 4) is 5.30 Å². The van der Waals surface area contributed by atoms with Crippen molar-refractivity contribution in [3.05, 3.63) is 66.7 Å². The molecule has 0 N–H and O–H groups in total. The van der Waals surface area contributed by atoms with Gasteiger partial charge in [-0.1, -0.05) is 50.0 Å². The van der Waals surface area contributed by atoms with E-state index in [0.29, 0.717) is 0 Å². The predicted octanol–water partition coefficient (Wildman–Crippen LogP) is 6.10. The fourth-order valence-electron chi connectivity index (χ4n) is 3.41. The maximum Gasteiger partial charge on any atom is 0.0370 e.